The Morgan fingerprint density at radius 3 is 2.44 bits per heavy atom. The maximum Gasteiger partial charge on any atom is 0.261 e. The lowest BCUT2D eigenvalue weighted by atomic mass is 9.95. The van der Waals surface area contributed by atoms with Crippen molar-refractivity contribution in [2.24, 2.45) is 0 Å². The summed E-state index contributed by atoms with van der Waals surface area (Å²) < 4.78 is 5.87. The van der Waals surface area contributed by atoms with E-state index in [1.54, 1.807) is 4.90 Å². The lowest BCUT2D eigenvalue weighted by molar-refractivity contribution is -0.143. The molecule has 1 fully saturated rings. The van der Waals surface area contributed by atoms with Gasteiger partial charge in [-0.25, -0.2) is 0 Å². The van der Waals surface area contributed by atoms with Crippen molar-refractivity contribution in [2.75, 3.05) is 6.61 Å². The van der Waals surface area contributed by atoms with Crippen molar-refractivity contribution < 1.29 is 14.3 Å². The van der Waals surface area contributed by atoms with Gasteiger partial charge in [0.25, 0.3) is 5.91 Å². The van der Waals surface area contributed by atoms with Crippen LogP contribution >= 0.6 is 0 Å². The van der Waals surface area contributed by atoms with Gasteiger partial charge < -0.3 is 15.0 Å². The Morgan fingerprint density at radius 1 is 1.06 bits per heavy atom. The third-order valence-electron chi connectivity index (χ3n) is 6.21. The van der Waals surface area contributed by atoms with E-state index in [9.17, 15) is 9.59 Å². The Bertz CT molecular complexity index is 891. The highest BCUT2D eigenvalue weighted by atomic mass is 16.5. The van der Waals surface area contributed by atoms with Crippen LogP contribution in [0, 0.1) is 13.8 Å². The highest BCUT2D eigenvalue weighted by molar-refractivity contribution is 5.88. The number of hydrogen-bond acceptors (Lipinski definition) is 3. The first kappa shape index (κ1) is 23.8. The molecule has 0 heterocycles. The Morgan fingerprint density at radius 2 is 1.78 bits per heavy atom. The maximum atomic E-state index is 13.3. The summed E-state index contributed by atoms with van der Waals surface area (Å²) in [6, 6.07) is 15.4. The number of hydrogen-bond donors (Lipinski definition) is 1. The summed E-state index contributed by atoms with van der Waals surface area (Å²) in [6.45, 7) is 6.25. The zero-order chi connectivity index (χ0) is 22.9. The molecular formula is C27H36N2O3. The summed E-state index contributed by atoms with van der Waals surface area (Å²) in [5.74, 6) is 0.456. The van der Waals surface area contributed by atoms with Crippen LogP contribution in [0.1, 0.15) is 62.1 Å². The molecule has 0 unspecified atom stereocenters. The van der Waals surface area contributed by atoms with Crippen molar-refractivity contribution in [3.63, 3.8) is 0 Å². The van der Waals surface area contributed by atoms with Crippen molar-refractivity contribution in [2.45, 2.75) is 77.9 Å². The Balaban J connectivity index is 1.74. The third kappa shape index (κ3) is 6.59. The van der Waals surface area contributed by atoms with Crippen molar-refractivity contribution in [1.82, 2.24) is 10.2 Å². The minimum absolute atomic E-state index is 0.0600. The van der Waals surface area contributed by atoms with E-state index in [4.69, 9.17) is 4.74 Å². The van der Waals surface area contributed by atoms with Crippen LogP contribution in [-0.4, -0.2) is 35.4 Å². The molecule has 1 aliphatic carbocycles. The van der Waals surface area contributed by atoms with E-state index < -0.39 is 6.04 Å². The minimum atomic E-state index is -0.521. The summed E-state index contributed by atoms with van der Waals surface area (Å²) in [5.41, 5.74) is 3.14. The van der Waals surface area contributed by atoms with Gasteiger partial charge in [-0.3, -0.25) is 9.59 Å². The molecule has 0 bridgehead atoms. The van der Waals surface area contributed by atoms with E-state index >= 15 is 0 Å². The molecule has 0 spiro atoms. The van der Waals surface area contributed by atoms with Crippen LogP contribution in [0.15, 0.2) is 48.5 Å². The van der Waals surface area contributed by atoms with Crippen molar-refractivity contribution in [3.05, 3.63) is 65.2 Å². The molecule has 5 nitrogen and oxygen atoms in total. The number of carbonyl (C=O) groups excluding carboxylic acids is 2. The summed E-state index contributed by atoms with van der Waals surface area (Å²) in [4.78, 5) is 28.2. The van der Waals surface area contributed by atoms with Crippen LogP contribution in [-0.2, 0) is 16.1 Å². The molecule has 1 atom stereocenters. The van der Waals surface area contributed by atoms with E-state index in [0.717, 1.165) is 42.4 Å². The molecule has 2 aromatic carbocycles. The number of rotatable bonds is 9. The zero-order valence-electron chi connectivity index (χ0n) is 19.6. The van der Waals surface area contributed by atoms with Crippen LogP contribution in [0.4, 0.5) is 0 Å². The van der Waals surface area contributed by atoms with Gasteiger partial charge in [0.15, 0.2) is 6.61 Å². The van der Waals surface area contributed by atoms with Gasteiger partial charge in [-0.05, 0) is 50.3 Å². The maximum absolute atomic E-state index is 13.3. The molecule has 1 saturated carbocycles. The molecule has 2 aromatic rings. The summed E-state index contributed by atoms with van der Waals surface area (Å²) in [5, 5.41) is 3.21. The average molecular weight is 437 g/mol. The minimum Gasteiger partial charge on any atom is -0.483 e. The highest BCUT2D eigenvalue weighted by Gasteiger charge is 2.30. The largest absolute Gasteiger partial charge is 0.483 e. The normalized spacial score (nSPS) is 15.1. The molecule has 0 aromatic heterocycles. The van der Waals surface area contributed by atoms with Gasteiger partial charge in [0.05, 0.1) is 0 Å². The number of benzene rings is 2. The number of nitrogens with zero attached hydrogens (tertiary/aromatic N) is 1. The third-order valence-corrected chi connectivity index (χ3v) is 6.21. The van der Waals surface area contributed by atoms with Crippen LogP contribution in [0.2, 0.25) is 0 Å². The summed E-state index contributed by atoms with van der Waals surface area (Å²) in [6.07, 6.45) is 6.13. The van der Waals surface area contributed by atoms with E-state index in [1.807, 2.05) is 69.3 Å². The smallest absolute Gasteiger partial charge is 0.261 e. The molecule has 0 radical (unpaired) electrons. The molecule has 1 aliphatic rings. The standard InChI is InChI=1S/C27H36N2O3/c1-4-24(27(31)28-23-13-9-6-10-14-23)29(18-22-11-7-5-8-12-22)26(30)19-32-25-16-15-20(2)17-21(25)3/h5,7-8,11-12,15-17,23-24H,4,6,9-10,13-14,18-19H2,1-3H3,(H,28,31)/t24-/m0/s1. The number of nitrogens with one attached hydrogen (secondary N) is 1. The number of aryl methyl sites for hydroxylation is 2. The van der Waals surface area contributed by atoms with E-state index in [2.05, 4.69) is 5.32 Å². The average Bonchev–Trinajstić information content (AvgIpc) is 2.79. The van der Waals surface area contributed by atoms with Crippen LogP contribution in [0.5, 0.6) is 5.75 Å². The van der Waals surface area contributed by atoms with Crippen molar-refractivity contribution in [3.8, 4) is 5.75 Å². The fourth-order valence-corrected chi connectivity index (χ4v) is 4.43. The van der Waals surface area contributed by atoms with Crippen molar-refractivity contribution in [1.29, 1.82) is 0 Å². The van der Waals surface area contributed by atoms with Gasteiger partial charge in [0, 0.05) is 12.6 Å². The summed E-state index contributed by atoms with van der Waals surface area (Å²) in [7, 11) is 0. The highest BCUT2D eigenvalue weighted by Crippen LogP contribution is 2.21. The fourth-order valence-electron chi connectivity index (χ4n) is 4.43. The number of carbonyl (C=O) groups is 2. The van der Waals surface area contributed by atoms with Gasteiger partial charge in [-0.2, -0.15) is 0 Å². The topological polar surface area (TPSA) is 58.6 Å². The fraction of sp³-hybridized carbons (Fsp3) is 0.481. The van der Waals surface area contributed by atoms with E-state index in [0.29, 0.717) is 18.7 Å². The van der Waals surface area contributed by atoms with Gasteiger partial charge in [0.2, 0.25) is 5.91 Å². The molecule has 0 aliphatic heterocycles. The molecule has 0 saturated heterocycles. The lowest BCUT2D eigenvalue weighted by Gasteiger charge is -2.32. The molecule has 1 N–H and O–H groups in total. The zero-order valence-corrected chi connectivity index (χ0v) is 19.6. The Labute approximate surface area is 192 Å². The molecule has 5 heteroatoms. The molecule has 32 heavy (non-hydrogen) atoms. The first-order valence-electron chi connectivity index (χ1n) is 11.8. The first-order valence-corrected chi connectivity index (χ1v) is 11.8. The van der Waals surface area contributed by atoms with Crippen LogP contribution in [0.3, 0.4) is 0 Å². The second-order valence-corrected chi connectivity index (χ2v) is 8.83. The first-order chi connectivity index (χ1) is 15.5. The lowest BCUT2D eigenvalue weighted by Crippen LogP contribution is -2.52. The second kappa shape index (κ2) is 11.7. The van der Waals surface area contributed by atoms with Gasteiger partial charge >= 0.3 is 0 Å². The molecular weight excluding hydrogens is 400 g/mol. The van der Waals surface area contributed by atoms with Gasteiger partial charge in [-0.15, -0.1) is 0 Å². The van der Waals surface area contributed by atoms with Crippen LogP contribution in [0.25, 0.3) is 0 Å². The number of ether oxygens (including phenoxy) is 1. The van der Waals surface area contributed by atoms with E-state index in [1.165, 1.54) is 6.42 Å². The Hall–Kier alpha value is -2.82. The Kier molecular flexibility index (Phi) is 8.72. The molecule has 172 valence electrons. The summed E-state index contributed by atoms with van der Waals surface area (Å²) >= 11 is 0. The molecule has 2 amide bonds. The van der Waals surface area contributed by atoms with E-state index in [-0.39, 0.29) is 24.5 Å². The van der Waals surface area contributed by atoms with Gasteiger partial charge in [-0.1, -0.05) is 74.2 Å². The van der Waals surface area contributed by atoms with Gasteiger partial charge in [0.1, 0.15) is 11.8 Å². The van der Waals surface area contributed by atoms with Crippen molar-refractivity contribution >= 4 is 11.8 Å². The van der Waals surface area contributed by atoms with Crippen LogP contribution < -0.4 is 10.1 Å². The second-order valence-electron chi connectivity index (χ2n) is 8.83. The predicted octanol–water partition coefficient (Wildman–Crippen LogP) is 4.94. The monoisotopic (exact) mass is 436 g/mol. The predicted molar refractivity (Wildman–Crippen MR) is 127 cm³/mol. The SMILES string of the molecule is CC[C@@H](C(=O)NC1CCCCC1)N(Cc1ccccc1)C(=O)COc1ccc(C)cc1C. The number of amides is 2. The molecule has 3 rings (SSSR count). The quantitative estimate of drug-likeness (QED) is 0.606.